The van der Waals surface area contributed by atoms with E-state index in [1.807, 2.05) is 6.92 Å². The number of aliphatic hydroxyl groups is 13. The topological polar surface area (TPSA) is 328 Å². The molecule has 20 heteroatoms. The minimum atomic E-state index is -1.81. The molecule has 0 bridgehead atoms. The number of hydrogen-bond donors (Lipinski definition) is 13. The fraction of sp³-hybridized carbons (Fsp3) is 1.00. The molecule has 0 amide bonds. The third-order valence-corrected chi connectivity index (χ3v) is 18.0. The van der Waals surface area contributed by atoms with Gasteiger partial charge in [-0.15, -0.1) is 0 Å². The van der Waals surface area contributed by atoms with E-state index in [0.717, 1.165) is 32.1 Å². The van der Waals surface area contributed by atoms with Crippen LogP contribution in [0.3, 0.4) is 0 Å². The maximum Gasteiger partial charge on any atom is 0.187 e. The third kappa shape index (κ3) is 8.89. The van der Waals surface area contributed by atoms with Gasteiger partial charge >= 0.3 is 0 Å². The van der Waals surface area contributed by atoms with Gasteiger partial charge in [0.1, 0.15) is 73.2 Å². The van der Waals surface area contributed by atoms with Crippen LogP contribution in [0.5, 0.6) is 0 Å². The Morgan fingerprint density at radius 3 is 1.86 bits per heavy atom. The minimum Gasteiger partial charge on any atom is -0.394 e. The number of ether oxygens (including phenoxy) is 7. The molecule has 4 heterocycles. The van der Waals surface area contributed by atoms with Gasteiger partial charge in [0, 0.05) is 12.3 Å². The van der Waals surface area contributed by atoms with E-state index in [9.17, 15) is 66.4 Å². The molecule has 8 fully saturated rings. The molecule has 0 aromatic carbocycles. The Hall–Kier alpha value is -0.800. The van der Waals surface area contributed by atoms with Crippen molar-refractivity contribution >= 4 is 0 Å². The number of aliphatic hydroxyl groups excluding tert-OH is 12. The van der Waals surface area contributed by atoms with Crippen LogP contribution in [0, 0.1) is 52.3 Å². The fourth-order valence-corrected chi connectivity index (χ4v) is 14.2. The van der Waals surface area contributed by atoms with Gasteiger partial charge in [-0.3, -0.25) is 0 Å². The molecular weight excluding hydrogens is 860 g/mol. The van der Waals surface area contributed by atoms with Crippen LogP contribution >= 0.6 is 0 Å². The third-order valence-electron chi connectivity index (χ3n) is 18.0. The summed E-state index contributed by atoms with van der Waals surface area (Å²) in [6.45, 7) is 6.91. The molecule has 4 aliphatic heterocycles. The van der Waals surface area contributed by atoms with E-state index >= 15 is 0 Å². The van der Waals surface area contributed by atoms with E-state index in [-0.39, 0.29) is 47.2 Å². The first-order valence-corrected chi connectivity index (χ1v) is 23.9. The van der Waals surface area contributed by atoms with E-state index in [1.165, 1.54) is 0 Å². The van der Waals surface area contributed by atoms with Crippen LogP contribution in [0.4, 0.5) is 0 Å². The van der Waals surface area contributed by atoms with Gasteiger partial charge in [0.05, 0.1) is 44.7 Å². The van der Waals surface area contributed by atoms with Crippen molar-refractivity contribution in [3.63, 3.8) is 0 Å². The summed E-state index contributed by atoms with van der Waals surface area (Å²) in [7, 11) is 0. The summed E-state index contributed by atoms with van der Waals surface area (Å²) in [5, 5.41) is 137. The van der Waals surface area contributed by atoms with Crippen molar-refractivity contribution in [2.24, 2.45) is 52.3 Å². The first-order chi connectivity index (χ1) is 30.7. The molecule has 4 aliphatic carbocycles. The van der Waals surface area contributed by atoms with Crippen molar-refractivity contribution in [2.45, 2.75) is 202 Å². The normalized spacial score (nSPS) is 56.1. The predicted octanol–water partition coefficient (Wildman–Crippen LogP) is -2.81. The molecular formula is C45H76O20. The van der Waals surface area contributed by atoms with Crippen LogP contribution in [0.1, 0.15) is 85.5 Å². The van der Waals surface area contributed by atoms with Gasteiger partial charge in [-0.1, -0.05) is 27.7 Å². The summed E-state index contributed by atoms with van der Waals surface area (Å²) in [6.07, 6.45) is -18.0. The molecule has 8 rings (SSSR count). The lowest BCUT2D eigenvalue weighted by Gasteiger charge is -2.62. The molecule has 13 N–H and O–H groups in total. The fourth-order valence-electron chi connectivity index (χ4n) is 14.2. The molecule has 0 aromatic heterocycles. The van der Waals surface area contributed by atoms with Crippen molar-refractivity contribution in [1.82, 2.24) is 0 Å². The molecule has 0 spiro atoms. The largest absolute Gasteiger partial charge is 0.394 e. The predicted molar refractivity (Wildman–Crippen MR) is 220 cm³/mol. The molecule has 28 atom stereocenters. The van der Waals surface area contributed by atoms with E-state index in [1.54, 1.807) is 0 Å². The van der Waals surface area contributed by atoms with Gasteiger partial charge < -0.3 is 99.5 Å². The van der Waals surface area contributed by atoms with Crippen molar-refractivity contribution < 1.29 is 99.5 Å². The number of hydrogen-bond acceptors (Lipinski definition) is 20. The molecule has 0 aromatic rings. The van der Waals surface area contributed by atoms with Crippen LogP contribution in [-0.2, 0) is 33.2 Å². The Labute approximate surface area is 379 Å². The molecule has 4 saturated carbocycles. The molecule has 3 unspecified atom stereocenters. The average Bonchev–Trinajstić information content (AvgIpc) is 3.72. The molecule has 20 nitrogen and oxygen atoms in total. The highest BCUT2D eigenvalue weighted by atomic mass is 16.8. The maximum atomic E-state index is 12.1. The summed E-state index contributed by atoms with van der Waals surface area (Å²) >= 11 is 0. The lowest BCUT2D eigenvalue weighted by molar-refractivity contribution is -0.376. The molecule has 376 valence electrons. The monoisotopic (exact) mass is 936 g/mol. The van der Waals surface area contributed by atoms with Crippen LogP contribution < -0.4 is 0 Å². The lowest BCUT2D eigenvalue weighted by Crippen LogP contribution is -2.65. The van der Waals surface area contributed by atoms with Crippen LogP contribution in [0.25, 0.3) is 0 Å². The zero-order valence-electron chi connectivity index (χ0n) is 37.8. The quantitative estimate of drug-likeness (QED) is 0.0829. The van der Waals surface area contributed by atoms with Crippen LogP contribution in [0.15, 0.2) is 0 Å². The Balaban J connectivity index is 0.885. The second-order valence-electron chi connectivity index (χ2n) is 21.6. The van der Waals surface area contributed by atoms with E-state index in [0.29, 0.717) is 43.4 Å². The standard InChI is InChI=1S/C45H76O20/c1-18(17-59-40-37(56)34(53)31(50)27(14-46)61-40)7-10-45(58)19(2)30-26(65-45)12-23-21-6-5-20-11-25(24(49)13-44(20,4)22(21)8-9-43(23,30)3)60-42-39(36(55)33(52)29(16-48)63-42)64-41-38(57)35(54)32(51)28(15-47)62-41/h18-42,46-58H,5-17H2,1-4H3/t18-,19+,20-,21-,22+,23+,24+,25-,26?,27-,28-,29-,30?,31-,32+,33-,34+,35+,36+,37-,38-,39-,40-,41+,42-,43+,44+,45?/m1/s1. The Morgan fingerprint density at radius 1 is 0.646 bits per heavy atom. The van der Waals surface area contributed by atoms with Crippen molar-refractivity contribution in [2.75, 3.05) is 26.4 Å². The Bertz CT molecular complexity index is 1600. The van der Waals surface area contributed by atoms with Crippen molar-refractivity contribution in [3.05, 3.63) is 0 Å². The zero-order valence-corrected chi connectivity index (χ0v) is 37.8. The average molecular weight is 937 g/mol. The summed E-state index contributed by atoms with van der Waals surface area (Å²) in [4.78, 5) is 0. The molecule has 0 radical (unpaired) electrons. The summed E-state index contributed by atoms with van der Waals surface area (Å²) in [6, 6.07) is 0. The summed E-state index contributed by atoms with van der Waals surface area (Å²) in [5.74, 6) is -0.194. The highest BCUT2D eigenvalue weighted by Crippen LogP contribution is 2.71. The first kappa shape index (κ1) is 50.6. The maximum absolute atomic E-state index is 12.1. The Morgan fingerprint density at radius 2 is 1.23 bits per heavy atom. The molecule has 4 saturated heterocycles. The SMILES string of the molecule is C[C@H](CCC1(O)OC2C[C@H]3[C@@H]4CC[C@@H]5C[C@@H](O[C@@H]6O[C@H](CO)[C@@H](O)[C@H](O)[C@H]6O[C@@H]6O[C@H](CO)[C@H](O)[C@H](O)[C@H]6O)[C@@H](O)C[C@]5(C)[C@H]4CC[C@]3(C)C2[C@@H]1C)CO[C@@H]1O[C@H](CO)[C@@H](O)[C@H](O)[C@H]1O. The van der Waals surface area contributed by atoms with Gasteiger partial charge in [0.2, 0.25) is 0 Å². The molecule has 8 aliphatic rings. The molecule has 65 heavy (non-hydrogen) atoms. The summed E-state index contributed by atoms with van der Waals surface area (Å²) < 4.78 is 41.7. The van der Waals surface area contributed by atoms with Crippen LogP contribution in [-0.4, -0.2) is 209 Å². The summed E-state index contributed by atoms with van der Waals surface area (Å²) in [5.41, 5.74) is -0.302. The van der Waals surface area contributed by atoms with E-state index < -0.39 is 130 Å². The van der Waals surface area contributed by atoms with E-state index in [2.05, 4.69) is 20.8 Å². The van der Waals surface area contributed by atoms with Gasteiger partial charge in [-0.25, -0.2) is 0 Å². The number of rotatable bonds is 13. The lowest BCUT2D eigenvalue weighted by atomic mass is 9.44. The van der Waals surface area contributed by atoms with Crippen LogP contribution in [0.2, 0.25) is 0 Å². The second kappa shape index (κ2) is 19.4. The van der Waals surface area contributed by atoms with Gasteiger partial charge in [-0.2, -0.15) is 0 Å². The van der Waals surface area contributed by atoms with Gasteiger partial charge in [0.25, 0.3) is 0 Å². The Kier molecular flexibility index (Phi) is 15.1. The smallest absolute Gasteiger partial charge is 0.187 e. The second-order valence-corrected chi connectivity index (χ2v) is 21.6. The highest BCUT2D eigenvalue weighted by Gasteiger charge is 2.69. The van der Waals surface area contributed by atoms with Gasteiger partial charge in [-0.05, 0) is 97.7 Å². The zero-order chi connectivity index (χ0) is 47.1. The highest BCUT2D eigenvalue weighted by molar-refractivity contribution is 5.15. The minimum absolute atomic E-state index is 0.0708. The number of fused-ring (bicyclic) bond motifs is 7. The first-order valence-electron chi connectivity index (χ1n) is 23.9. The van der Waals surface area contributed by atoms with Crippen molar-refractivity contribution in [3.8, 4) is 0 Å². The van der Waals surface area contributed by atoms with Crippen molar-refractivity contribution in [1.29, 1.82) is 0 Å². The van der Waals surface area contributed by atoms with E-state index in [4.69, 9.17) is 33.2 Å². The van der Waals surface area contributed by atoms with Gasteiger partial charge in [0.15, 0.2) is 24.7 Å².